The third-order valence-electron chi connectivity index (χ3n) is 10.9. The van der Waals surface area contributed by atoms with Crippen molar-refractivity contribution in [1.82, 2.24) is 0 Å². The van der Waals surface area contributed by atoms with Crippen molar-refractivity contribution in [2.24, 2.45) is 45.8 Å². The van der Waals surface area contributed by atoms with Crippen molar-refractivity contribution >= 4 is 11.6 Å². The molecular weight excluding hydrogens is 404 g/mol. The van der Waals surface area contributed by atoms with Crippen molar-refractivity contribution in [3.8, 4) is 0 Å². The minimum Gasteiger partial charge on any atom is -0.389 e. The van der Waals surface area contributed by atoms with Crippen LogP contribution in [0.15, 0.2) is 0 Å². The van der Waals surface area contributed by atoms with Crippen LogP contribution in [0.4, 0.5) is 0 Å². The highest BCUT2D eigenvalue weighted by atomic mass is 16.7. The molecule has 4 aliphatic carbocycles. The monoisotopic (exact) mass is 446 g/mol. The van der Waals surface area contributed by atoms with Gasteiger partial charge in [0.2, 0.25) is 0 Å². The van der Waals surface area contributed by atoms with Gasteiger partial charge in [-0.1, -0.05) is 34.6 Å². The van der Waals surface area contributed by atoms with Gasteiger partial charge in [0.25, 0.3) is 0 Å². The Kier molecular flexibility index (Phi) is 4.94. The first-order valence-corrected chi connectivity index (χ1v) is 12.8. The molecule has 1 spiro atoms. The summed E-state index contributed by atoms with van der Waals surface area (Å²) in [6.07, 6.45) is 5.17. The number of aliphatic hydroxyl groups is 1. The lowest BCUT2D eigenvalue weighted by Gasteiger charge is -2.67. The SMILES string of the molecule is CC(=O)[C@H]1CC[C@H]2[C@@H]3C[C@@H](C)[C@@]4(O)CC5(CC[C@]4(C)[C@H]3C(=O)C[C@]12C)OCC(C)(C)CO5. The number of ketones is 2. The fraction of sp³-hybridized carbons (Fsp3) is 0.926. The first-order chi connectivity index (χ1) is 14.8. The normalized spacial score (nSPS) is 51.6. The van der Waals surface area contributed by atoms with E-state index in [2.05, 4.69) is 34.6 Å². The zero-order valence-corrected chi connectivity index (χ0v) is 20.8. The molecule has 1 aliphatic heterocycles. The van der Waals surface area contributed by atoms with Gasteiger partial charge in [-0.3, -0.25) is 9.59 Å². The fourth-order valence-corrected chi connectivity index (χ4v) is 9.09. The summed E-state index contributed by atoms with van der Waals surface area (Å²) in [5.41, 5.74) is -1.70. The van der Waals surface area contributed by atoms with Gasteiger partial charge in [-0.15, -0.1) is 0 Å². The van der Waals surface area contributed by atoms with Gasteiger partial charge >= 0.3 is 0 Å². The molecule has 5 fully saturated rings. The Morgan fingerprint density at radius 3 is 2.34 bits per heavy atom. The number of carbonyl (C=O) groups excluding carboxylic acids is 2. The molecule has 0 unspecified atom stereocenters. The van der Waals surface area contributed by atoms with E-state index in [0.29, 0.717) is 32.0 Å². The third kappa shape index (κ3) is 2.92. The van der Waals surface area contributed by atoms with E-state index in [1.165, 1.54) is 0 Å². The maximum Gasteiger partial charge on any atom is 0.171 e. The minimum atomic E-state index is -0.990. The quantitative estimate of drug-likeness (QED) is 0.640. The lowest BCUT2D eigenvalue weighted by molar-refractivity contribution is -0.358. The number of rotatable bonds is 1. The van der Waals surface area contributed by atoms with E-state index in [-0.39, 0.29) is 46.1 Å². The third-order valence-corrected chi connectivity index (χ3v) is 10.9. The molecule has 8 atom stereocenters. The standard InChI is InChI=1S/C27H42O5/c1-16-11-18-20-8-7-19(17(2)28)24(20,5)12-21(29)22(18)25(6)9-10-26(13-27(16,25)30)31-14-23(3,4)15-32-26/h16,18-20,22,30H,7-15H2,1-6H3/t16-,18+,19-,20+,22-,24-,25-,27+/m1/s1. The molecule has 1 N–H and O–H groups in total. The average molecular weight is 447 g/mol. The average Bonchev–Trinajstić information content (AvgIpc) is 3.04. The Morgan fingerprint density at radius 1 is 1.06 bits per heavy atom. The molecule has 1 heterocycles. The second kappa shape index (κ2) is 6.88. The van der Waals surface area contributed by atoms with Crippen molar-refractivity contribution in [3.63, 3.8) is 0 Å². The largest absolute Gasteiger partial charge is 0.389 e. The number of carbonyl (C=O) groups is 2. The number of hydrogen-bond donors (Lipinski definition) is 1. The Bertz CT molecular complexity index is 824. The summed E-state index contributed by atoms with van der Waals surface area (Å²) in [4.78, 5) is 26.2. The molecule has 0 aromatic rings. The number of ether oxygens (including phenoxy) is 2. The van der Waals surface area contributed by atoms with Crippen LogP contribution in [0, 0.1) is 45.8 Å². The van der Waals surface area contributed by atoms with Crippen molar-refractivity contribution < 1.29 is 24.2 Å². The molecule has 1 saturated heterocycles. The van der Waals surface area contributed by atoms with Crippen molar-refractivity contribution in [1.29, 1.82) is 0 Å². The predicted octanol–water partition coefficient (Wildman–Crippen LogP) is 4.54. The molecule has 0 amide bonds. The van der Waals surface area contributed by atoms with Crippen LogP contribution in [-0.4, -0.2) is 41.3 Å². The lowest BCUT2D eigenvalue weighted by atomic mass is 9.40. The highest BCUT2D eigenvalue weighted by Crippen LogP contribution is 2.69. The van der Waals surface area contributed by atoms with E-state index in [4.69, 9.17) is 9.47 Å². The molecular formula is C27H42O5. The van der Waals surface area contributed by atoms with Crippen LogP contribution in [0.5, 0.6) is 0 Å². The first-order valence-electron chi connectivity index (χ1n) is 12.8. The van der Waals surface area contributed by atoms with Crippen LogP contribution in [0.3, 0.4) is 0 Å². The molecule has 0 bridgehead atoms. The lowest BCUT2D eigenvalue weighted by Crippen LogP contribution is -2.71. The molecule has 180 valence electrons. The molecule has 4 saturated carbocycles. The second-order valence-electron chi connectivity index (χ2n) is 13.4. The molecule has 0 aromatic heterocycles. The Balaban J connectivity index is 1.48. The highest BCUT2D eigenvalue weighted by Gasteiger charge is 2.71. The second-order valence-corrected chi connectivity index (χ2v) is 13.4. The van der Waals surface area contributed by atoms with E-state index in [1.54, 1.807) is 6.92 Å². The van der Waals surface area contributed by atoms with Crippen LogP contribution in [0.25, 0.3) is 0 Å². The van der Waals surface area contributed by atoms with Crippen LogP contribution < -0.4 is 0 Å². The van der Waals surface area contributed by atoms with Crippen molar-refractivity contribution in [2.75, 3.05) is 13.2 Å². The minimum absolute atomic E-state index is 0.00309. The molecule has 5 nitrogen and oxygen atoms in total. The van der Waals surface area contributed by atoms with Gasteiger partial charge in [-0.2, -0.15) is 0 Å². The number of fused-ring (bicyclic) bond motifs is 5. The van der Waals surface area contributed by atoms with Gasteiger partial charge in [0.15, 0.2) is 5.79 Å². The van der Waals surface area contributed by atoms with E-state index in [9.17, 15) is 14.7 Å². The summed E-state index contributed by atoms with van der Waals surface area (Å²) >= 11 is 0. The van der Waals surface area contributed by atoms with E-state index in [1.807, 2.05) is 0 Å². The fourth-order valence-electron chi connectivity index (χ4n) is 9.09. The molecule has 0 radical (unpaired) electrons. The summed E-state index contributed by atoms with van der Waals surface area (Å²) in [6, 6.07) is 0. The van der Waals surface area contributed by atoms with Crippen molar-refractivity contribution in [3.05, 3.63) is 0 Å². The van der Waals surface area contributed by atoms with Gasteiger partial charge < -0.3 is 14.6 Å². The topological polar surface area (TPSA) is 72.8 Å². The Hall–Kier alpha value is -0.780. The first kappa shape index (κ1) is 23.0. The highest BCUT2D eigenvalue weighted by molar-refractivity contribution is 5.87. The molecule has 5 aliphatic rings. The van der Waals surface area contributed by atoms with Gasteiger partial charge in [-0.25, -0.2) is 0 Å². The summed E-state index contributed by atoms with van der Waals surface area (Å²) in [7, 11) is 0. The van der Waals surface area contributed by atoms with Gasteiger partial charge in [0, 0.05) is 41.9 Å². The number of hydrogen-bond acceptors (Lipinski definition) is 5. The van der Waals surface area contributed by atoms with Crippen LogP contribution >= 0.6 is 0 Å². The van der Waals surface area contributed by atoms with E-state index >= 15 is 0 Å². The van der Waals surface area contributed by atoms with Crippen LogP contribution in [0.2, 0.25) is 0 Å². The molecule has 0 aromatic carbocycles. The van der Waals surface area contributed by atoms with Gasteiger partial charge in [0.05, 0.1) is 18.8 Å². The maximum absolute atomic E-state index is 13.8. The van der Waals surface area contributed by atoms with Crippen LogP contribution in [0.1, 0.15) is 86.5 Å². The molecule has 5 rings (SSSR count). The van der Waals surface area contributed by atoms with Gasteiger partial charge in [-0.05, 0) is 55.8 Å². The van der Waals surface area contributed by atoms with E-state index < -0.39 is 16.8 Å². The van der Waals surface area contributed by atoms with Crippen molar-refractivity contribution in [2.45, 2.75) is 97.9 Å². The predicted molar refractivity (Wildman–Crippen MR) is 121 cm³/mol. The summed E-state index contributed by atoms with van der Waals surface area (Å²) < 4.78 is 12.6. The summed E-state index contributed by atoms with van der Waals surface area (Å²) in [5.74, 6) is 0.352. The number of Topliss-reactive ketones (excluding diaryl/α,β-unsaturated/α-hetero) is 2. The molecule has 32 heavy (non-hydrogen) atoms. The summed E-state index contributed by atoms with van der Waals surface area (Å²) in [5, 5.41) is 12.3. The maximum atomic E-state index is 13.8. The molecule has 5 heteroatoms. The Labute approximate surface area is 193 Å². The zero-order chi connectivity index (χ0) is 23.3. The smallest absolute Gasteiger partial charge is 0.171 e. The zero-order valence-electron chi connectivity index (χ0n) is 20.8. The van der Waals surface area contributed by atoms with E-state index in [0.717, 1.165) is 32.1 Å². The van der Waals surface area contributed by atoms with Crippen LogP contribution in [-0.2, 0) is 19.1 Å². The summed E-state index contributed by atoms with van der Waals surface area (Å²) in [6.45, 7) is 13.8. The van der Waals surface area contributed by atoms with Gasteiger partial charge in [0.1, 0.15) is 11.6 Å². The Morgan fingerprint density at radius 2 is 1.72 bits per heavy atom.